The fourth-order valence-electron chi connectivity index (χ4n) is 1.62. The van der Waals surface area contributed by atoms with E-state index in [0.717, 1.165) is 35.1 Å². The minimum absolute atomic E-state index is 0.572. The summed E-state index contributed by atoms with van der Waals surface area (Å²) in [6.07, 6.45) is 1.06. The molecule has 0 spiro atoms. The molecule has 19 heavy (non-hydrogen) atoms. The van der Waals surface area contributed by atoms with Crippen LogP contribution < -0.4 is 10.1 Å². The van der Waals surface area contributed by atoms with Gasteiger partial charge in [-0.2, -0.15) is 4.98 Å². The van der Waals surface area contributed by atoms with E-state index >= 15 is 0 Å². The zero-order valence-electron chi connectivity index (χ0n) is 11.1. The first-order valence-corrected chi connectivity index (χ1v) is 6.72. The number of ether oxygens (including phenoxy) is 1. The molecule has 0 aliphatic carbocycles. The van der Waals surface area contributed by atoms with Crippen LogP contribution in [0.3, 0.4) is 0 Å². The molecule has 0 saturated heterocycles. The third kappa shape index (κ3) is 3.86. The van der Waals surface area contributed by atoms with Crippen LogP contribution in [0.2, 0.25) is 5.02 Å². The molecule has 1 aromatic heterocycles. The molecular weight excluding hydrogens is 260 g/mol. The van der Waals surface area contributed by atoms with E-state index in [1.807, 2.05) is 43.3 Å². The Morgan fingerprint density at radius 1 is 1.26 bits per heavy atom. The molecule has 2 aromatic rings. The van der Waals surface area contributed by atoms with Gasteiger partial charge in [0.05, 0.1) is 0 Å². The SMILES string of the molecule is CCCNc1cccc(Oc2ccc(Cl)c(C)c2)n1. The summed E-state index contributed by atoms with van der Waals surface area (Å²) in [6, 6.07) is 11.2. The molecule has 0 bridgehead atoms. The van der Waals surface area contributed by atoms with E-state index in [1.54, 1.807) is 0 Å². The average Bonchev–Trinajstić information content (AvgIpc) is 2.41. The highest BCUT2D eigenvalue weighted by Crippen LogP contribution is 2.25. The van der Waals surface area contributed by atoms with Gasteiger partial charge >= 0.3 is 0 Å². The second kappa shape index (κ2) is 6.43. The molecule has 0 fully saturated rings. The van der Waals surface area contributed by atoms with Gasteiger partial charge in [-0.15, -0.1) is 0 Å². The van der Waals surface area contributed by atoms with Crippen LogP contribution in [0.15, 0.2) is 36.4 Å². The summed E-state index contributed by atoms with van der Waals surface area (Å²) in [6.45, 7) is 4.96. The Morgan fingerprint density at radius 2 is 2.11 bits per heavy atom. The number of rotatable bonds is 5. The maximum absolute atomic E-state index is 5.98. The number of anilines is 1. The lowest BCUT2D eigenvalue weighted by molar-refractivity contribution is 0.463. The summed E-state index contributed by atoms with van der Waals surface area (Å²) >= 11 is 5.98. The lowest BCUT2D eigenvalue weighted by Gasteiger charge is -2.08. The fraction of sp³-hybridized carbons (Fsp3) is 0.267. The molecule has 100 valence electrons. The van der Waals surface area contributed by atoms with Crippen molar-refractivity contribution in [1.29, 1.82) is 0 Å². The Kier molecular flexibility index (Phi) is 4.63. The number of nitrogens with one attached hydrogen (secondary N) is 1. The lowest BCUT2D eigenvalue weighted by atomic mass is 10.2. The largest absolute Gasteiger partial charge is 0.439 e. The Bertz CT molecular complexity index is 558. The van der Waals surface area contributed by atoms with Crippen molar-refractivity contribution in [3.8, 4) is 11.6 Å². The zero-order valence-corrected chi connectivity index (χ0v) is 11.9. The van der Waals surface area contributed by atoms with E-state index in [4.69, 9.17) is 16.3 Å². The average molecular weight is 277 g/mol. The molecular formula is C15H17ClN2O. The van der Waals surface area contributed by atoms with Crippen LogP contribution in [-0.4, -0.2) is 11.5 Å². The van der Waals surface area contributed by atoms with E-state index in [2.05, 4.69) is 17.2 Å². The van der Waals surface area contributed by atoms with Gasteiger partial charge in [-0.1, -0.05) is 24.6 Å². The van der Waals surface area contributed by atoms with Crippen molar-refractivity contribution in [3.63, 3.8) is 0 Å². The van der Waals surface area contributed by atoms with Crippen LogP contribution in [0, 0.1) is 6.92 Å². The molecule has 0 unspecified atom stereocenters. The molecule has 1 heterocycles. The van der Waals surface area contributed by atoms with E-state index in [-0.39, 0.29) is 0 Å². The van der Waals surface area contributed by atoms with Gasteiger partial charge in [0.15, 0.2) is 0 Å². The number of benzene rings is 1. The molecule has 0 radical (unpaired) electrons. The van der Waals surface area contributed by atoms with Gasteiger partial charge < -0.3 is 10.1 Å². The van der Waals surface area contributed by atoms with E-state index < -0.39 is 0 Å². The molecule has 3 nitrogen and oxygen atoms in total. The van der Waals surface area contributed by atoms with Crippen LogP contribution in [0.1, 0.15) is 18.9 Å². The molecule has 0 saturated carbocycles. The van der Waals surface area contributed by atoms with Gasteiger partial charge in [-0.05, 0) is 43.2 Å². The van der Waals surface area contributed by atoms with Crippen LogP contribution in [0.4, 0.5) is 5.82 Å². The summed E-state index contributed by atoms with van der Waals surface area (Å²) in [5, 5.41) is 3.96. The highest BCUT2D eigenvalue weighted by molar-refractivity contribution is 6.31. The smallest absolute Gasteiger partial charge is 0.221 e. The second-order valence-corrected chi connectivity index (χ2v) is 4.71. The van der Waals surface area contributed by atoms with Crippen LogP contribution in [0.25, 0.3) is 0 Å². The van der Waals surface area contributed by atoms with E-state index in [1.165, 1.54) is 0 Å². The van der Waals surface area contributed by atoms with Gasteiger partial charge in [0.2, 0.25) is 5.88 Å². The third-order valence-corrected chi connectivity index (χ3v) is 3.06. The second-order valence-electron chi connectivity index (χ2n) is 4.30. The standard InChI is InChI=1S/C15H17ClN2O/c1-3-9-17-14-5-4-6-15(18-14)19-12-7-8-13(16)11(2)10-12/h4-8,10H,3,9H2,1-2H3,(H,17,18). The number of nitrogens with zero attached hydrogens (tertiary/aromatic N) is 1. The molecule has 1 aromatic carbocycles. The van der Waals surface area contributed by atoms with Gasteiger partial charge in [0.1, 0.15) is 11.6 Å². The predicted octanol–water partition coefficient (Wildman–Crippen LogP) is 4.66. The van der Waals surface area contributed by atoms with Crippen LogP contribution >= 0.6 is 11.6 Å². The van der Waals surface area contributed by atoms with E-state index in [9.17, 15) is 0 Å². The number of halogens is 1. The minimum atomic E-state index is 0.572. The molecule has 0 amide bonds. The molecule has 0 aliphatic heterocycles. The Labute approximate surface area is 118 Å². The Hall–Kier alpha value is -1.74. The maximum atomic E-state index is 5.98. The number of hydrogen-bond donors (Lipinski definition) is 1. The maximum Gasteiger partial charge on any atom is 0.221 e. The minimum Gasteiger partial charge on any atom is -0.439 e. The number of aryl methyl sites for hydroxylation is 1. The van der Waals surface area contributed by atoms with Gasteiger partial charge in [0.25, 0.3) is 0 Å². The monoisotopic (exact) mass is 276 g/mol. The summed E-state index contributed by atoms with van der Waals surface area (Å²) in [4.78, 5) is 4.39. The fourth-order valence-corrected chi connectivity index (χ4v) is 1.74. The Balaban J connectivity index is 2.11. The number of aromatic nitrogens is 1. The topological polar surface area (TPSA) is 34.1 Å². The van der Waals surface area contributed by atoms with Gasteiger partial charge in [0, 0.05) is 17.6 Å². The van der Waals surface area contributed by atoms with Crippen molar-refractivity contribution in [2.24, 2.45) is 0 Å². The molecule has 0 atom stereocenters. The van der Waals surface area contributed by atoms with Crippen molar-refractivity contribution in [3.05, 3.63) is 47.0 Å². The van der Waals surface area contributed by atoms with Gasteiger partial charge in [-0.25, -0.2) is 0 Å². The normalized spacial score (nSPS) is 10.3. The number of hydrogen-bond acceptors (Lipinski definition) is 3. The van der Waals surface area contributed by atoms with Crippen molar-refractivity contribution >= 4 is 17.4 Å². The summed E-state index contributed by atoms with van der Waals surface area (Å²) in [7, 11) is 0. The highest BCUT2D eigenvalue weighted by Gasteiger charge is 2.02. The van der Waals surface area contributed by atoms with Crippen molar-refractivity contribution in [2.75, 3.05) is 11.9 Å². The number of pyridine rings is 1. The molecule has 2 rings (SSSR count). The first kappa shape index (κ1) is 13.7. The molecule has 1 N–H and O–H groups in total. The first-order chi connectivity index (χ1) is 9.19. The van der Waals surface area contributed by atoms with Crippen molar-refractivity contribution in [2.45, 2.75) is 20.3 Å². The summed E-state index contributed by atoms with van der Waals surface area (Å²) in [5.41, 5.74) is 0.986. The third-order valence-electron chi connectivity index (χ3n) is 2.63. The van der Waals surface area contributed by atoms with Crippen LogP contribution in [0.5, 0.6) is 11.6 Å². The quantitative estimate of drug-likeness (QED) is 0.862. The van der Waals surface area contributed by atoms with E-state index in [0.29, 0.717) is 5.88 Å². The lowest BCUT2D eigenvalue weighted by Crippen LogP contribution is -2.02. The molecule has 4 heteroatoms. The van der Waals surface area contributed by atoms with Crippen LogP contribution in [-0.2, 0) is 0 Å². The summed E-state index contributed by atoms with van der Waals surface area (Å²) in [5.74, 6) is 2.13. The summed E-state index contributed by atoms with van der Waals surface area (Å²) < 4.78 is 5.73. The zero-order chi connectivity index (χ0) is 13.7. The molecule has 0 aliphatic rings. The Morgan fingerprint density at radius 3 is 2.84 bits per heavy atom. The predicted molar refractivity (Wildman–Crippen MR) is 79.3 cm³/mol. The first-order valence-electron chi connectivity index (χ1n) is 6.34. The van der Waals surface area contributed by atoms with Gasteiger partial charge in [-0.3, -0.25) is 0 Å². The van der Waals surface area contributed by atoms with Crippen molar-refractivity contribution < 1.29 is 4.74 Å². The highest BCUT2D eigenvalue weighted by atomic mass is 35.5. The van der Waals surface area contributed by atoms with Crippen molar-refractivity contribution in [1.82, 2.24) is 4.98 Å².